The summed E-state index contributed by atoms with van der Waals surface area (Å²) in [6.45, 7) is 6.84. The van der Waals surface area contributed by atoms with Crippen molar-refractivity contribution in [2.45, 2.75) is 30.4 Å². The van der Waals surface area contributed by atoms with Crippen molar-refractivity contribution in [3.8, 4) is 11.1 Å². The van der Waals surface area contributed by atoms with Crippen LogP contribution in [0.4, 0.5) is 0 Å². The van der Waals surface area contributed by atoms with Gasteiger partial charge in [0, 0.05) is 0 Å². The number of hydrogen-bond acceptors (Lipinski definition) is 0. The van der Waals surface area contributed by atoms with Crippen LogP contribution in [0.25, 0.3) is 11.1 Å². The Labute approximate surface area is 145 Å². The molecule has 0 aliphatic heterocycles. The van der Waals surface area contributed by atoms with Crippen LogP contribution in [0.3, 0.4) is 0 Å². The average Bonchev–Trinajstić information content (AvgIpc) is 2.63. The number of fused-ring (bicyclic) bond motifs is 3. The Morgan fingerprint density at radius 2 is 1.45 bits per heavy atom. The van der Waals surface area contributed by atoms with Crippen LogP contribution in [-0.4, -0.2) is 0 Å². The minimum absolute atomic E-state index is 0. The van der Waals surface area contributed by atoms with Crippen LogP contribution >= 0.6 is 0 Å². The Morgan fingerprint density at radius 1 is 0.850 bits per heavy atom. The largest absolute Gasteiger partial charge is 1.00 e. The van der Waals surface area contributed by atoms with Gasteiger partial charge in [0.05, 0.1) is 0 Å². The van der Waals surface area contributed by atoms with Gasteiger partial charge in [-0.15, -0.1) is 0 Å². The monoisotopic (exact) mass is 339 g/mol. The molecule has 2 aromatic carbocycles. The van der Waals surface area contributed by atoms with E-state index in [0.717, 1.165) is 0 Å². The SMILES string of the molecule is CC(C)(C)c1ccc2c(c1)[CH]([Ti+2])c1ccccc1-2.[Cl-].[Cl-]. The molecule has 0 spiro atoms. The molecule has 0 heterocycles. The molecular formula is C17H17Cl2Ti. The predicted octanol–water partition coefficient (Wildman–Crippen LogP) is -1.39. The molecule has 1 unspecified atom stereocenters. The van der Waals surface area contributed by atoms with E-state index in [1.54, 1.807) is 0 Å². The minimum Gasteiger partial charge on any atom is -1.00 e. The molecule has 3 rings (SSSR count). The summed E-state index contributed by atoms with van der Waals surface area (Å²) >= 11 is 2.32. The van der Waals surface area contributed by atoms with E-state index in [4.69, 9.17) is 0 Å². The molecule has 0 amide bonds. The summed E-state index contributed by atoms with van der Waals surface area (Å²) in [7, 11) is 0. The van der Waals surface area contributed by atoms with Crippen LogP contribution in [0.2, 0.25) is 0 Å². The van der Waals surface area contributed by atoms with Crippen molar-refractivity contribution in [3.05, 3.63) is 59.2 Å². The van der Waals surface area contributed by atoms with E-state index in [2.05, 4.69) is 83.7 Å². The van der Waals surface area contributed by atoms with E-state index in [-0.39, 0.29) is 30.2 Å². The van der Waals surface area contributed by atoms with Crippen molar-refractivity contribution in [1.82, 2.24) is 0 Å². The van der Waals surface area contributed by atoms with Gasteiger partial charge < -0.3 is 24.8 Å². The van der Waals surface area contributed by atoms with Crippen LogP contribution < -0.4 is 24.8 Å². The van der Waals surface area contributed by atoms with Crippen molar-refractivity contribution in [1.29, 1.82) is 0 Å². The summed E-state index contributed by atoms with van der Waals surface area (Å²) in [5, 5.41) is 0. The molecular weight excluding hydrogens is 323 g/mol. The zero-order valence-corrected chi connectivity index (χ0v) is 14.9. The van der Waals surface area contributed by atoms with Gasteiger partial charge in [0.2, 0.25) is 0 Å². The maximum Gasteiger partial charge on any atom is -1.00 e. The van der Waals surface area contributed by atoms with Crippen molar-refractivity contribution < 1.29 is 45.2 Å². The molecule has 0 radical (unpaired) electrons. The fourth-order valence-corrected chi connectivity index (χ4v) is 3.44. The van der Waals surface area contributed by atoms with Crippen molar-refractivity contribution >= 4 is 0 Å². The van der Waals surface area contributed by atoms with Gasteiger partial charge in [-0.1, -0.05) is 0 Å². The molecule has 0 saturated carbocycles. The number of halogens is 2. The third kappa shape index (κ3) is 2.85. The summed E-state index contributed by atoms with van der Waals surface area (Å²) < 4.78 is 0.526. The first-order valence-electron chi connectivity index (χ1n) is 6.43. The Kier molecular flexibility index (Phi) is 5.55. The van der Waals surface area contributed by atoms with Crippen LogP contribution in [-0.2, 0) is 25.9 Å². The zero-order valence-electron chi connectivity index (χ0n) is 11.9. The second kappa shape index (κ2) is 6.24. The van der Waals surface area contributed by atoms with Crippen LogP contribution in [0, 0.1) is 0 Å². The molecule has 1 atom stereocenters. The summed E-state index contributed by atoms with van der Waals surface area (Å²) in [6.07, 6.45) is 0. The Hall–Kier alpha value is -0.266. The van der Waals surface area contributed by atoms with Gasteiger partial charge in [0.25, 0.3) is 0 Å². The van der Waals surface area contributed by atoms with Gasteiger partial charge in [-0.3, -0.25) is 0 Å². The molecule has 0 saturated heterocycles. The molecule has 0 N–H and O–H groups in total. The normalized spacial score (nSPS) is 15.8. The first kappa shape index (κ1) is 17.8. The Bertz CT molecular complexity index is 615. The van der Waals surface area contributed by atoms with E-state index in [1.807, 2.05) is 0 Å². The van der Waals surface area contributed by atoms with E-state index in [9.17, 15) is 0 Å². The van der Waals surface area contributed by atoms with Gasteiger partial charge in [0.15, 0.2) is 0 Å². The number of benzene rings is 2. The summed E-state index contributed by atoms with van der Waals surface area (Å²) in [4.78, 5) is 0. The topological polar surface area (TPSA) is 0 Å². The first-order valence-corrected chi connectivity index (χ1v) is 7.33. The van der Waals surface area contributed by atoms with Gasteiger partial charge in [-0.05, 0) is 0 Å². The average molecular weight is 340 g/mol. The fourth-order valence-electron chi connectivity index (χ4n) is 2.67. The summed E-state index contributed by atoms with van der Waals surface area (Å²) in [5.41, 5.74) is 7.46. The second-order valence-electron chi connectivity index (χ2n) is 6.07. The molecule has 1 aliphatic carbocycles. The summed E-state index contributed by atoms with van der Waals surface area (Å²) in [5.74, 6) is 0. The number of hydrogen-bond donors (Lipinski definition) is 0. The smallest absolute Gasteiger partial charge is 1.00 e. The third-order valence-corrected chi connectivity index (χ3v) is 4.76. The molecule has 1 aliphatic rings. The molecule has 0 bridgehead atoms. The maximum absolute atomic E-state index is 2.40. The predicted molar refractivity (Wildman–Crippen MR) is 72.4 cm³/mol. The van der Waals surface area contributed by atoms with E-state index in [1.165, 1.54) is 27.8 Å². The standard InChI is InChI=1S/C17H17.2ClH.Ti/c1-17(2,3)14-8-9-16-13(11-14)10-12-6-4-5-7-15(12)16;;;/h4-11H,1-3H3;2*1H;/q;;;+2/p-2. The molecule has 103 valence electrons. The molecule has 0 nitrogen and oxygen atoms in total. The van der Waals surface area contributed by atoms with Gasteiger partial charge >= 0.3 is 121 Å². The van der Waals surface area contributed by atoms with Gasteiger partial charge in [0.1, 0.15) is 0 Å². The Morgan fingerprint density at radius 3 is 2.10 bits per heavy atom. The first-order chi connectivity index (χ1) is 8.48. The Balaban J connectivity index is 0.000001000. The van der Waals surface area contributed by atoms with Crippen LogP contribution in [0.5, 0.6) is 0 Å². The van der Waals surface area contributed by atoms with Gasteiger partial charge in [-0.25, -0.2) is 0 Å². The van der Waals surface area contributed by atoms with E-state index < -0.39 is 0 Å². The molecule has 3 heteroatoms. The van der Waals surface area contributed by atoms with Crippen molar-refractivity contribution in [3.63, 3.8) is 0 Å². The van der Waals surface area contributed by atoms with E-state index >= 15 is 0 Å². The maximum atomic E-state index is 2.40. The third-order valence-electron chi connectivity index (χ3n) is 3.79. The van der Waals surface area contributed by atoms with Crippen LogP contribution in [0.15, 0.2) is 42.5 Å². The summed E-state index contributed by atoms with van der Waals surface area (Å²) in [6, 6.07) is 15.8. The number of rotatable bonds is 0. The minimum atomic E-state index is 0. The van der Waals surface area contributed by atoms with Crippen LogP contribution in [0.1, 0.15) is 41.7 Å². The second-order valence-corrected chi connectivity index (χ2v) is 6.97. The molecule has 0 fully saturated rings. The van der Waals surface area contributed by atoms with E-state index in [0.29, 0.717) is 4.22 Å². The molecule has 2 aromatic rings. The van der Waals surface area contributed by atoms with Gasteiger partial charge in [-0.2, -0.15) is 0 Å². The zero-order chi connectivity index (χ0) is 12.9. The quantitative estimate of drug-likeness (QED) is 0.518. The fraction of sp³-hybridized carbons (Fsp3) is 0.294. The molecule has 0 aromatic heterocycles. The van der Waals surface area contributed by atoms with Crippen molar-refractivity contribution in [2.75, 3.05) is 0 Å². The molecule has 20 heavy (non-hydrogen) atoms. The van der Waals surface area contributed by atoms with Crippen molar-refractivity contribution in [2.24, 2.45) is 0 Å².